The monoisotopic (exact) mass is 281 g/mol. The molecule has 1 saturated heterocycles. The van der Waals surface area contributed by atoms with Gasteiger partial charge in [-0.2, -0.15) is 11.8 Å². The number of nitrogens with zero attached hydrogens (tertiary/aromatic N) is 1. The van der Waals surface area contributed by atoms with Crippen molar-refractivity contribution in [1.29, 1.82) is 0 Å². The molecule has 2 heterocycles. The highest BCUT2D eigenvalue weighted by Gasteiger charge is 2.17. The minimum absolute atomic E-state index is 0.0123. The second kappa shape index (κ2) is 6.25. The van der Waals surface area contributed by atoms with Gasteiger partial charge in [-0.05, 0) is 12.5 Å². The van der Waals surface area contributed by atoms with Crippen LogP contribution in [0.3, 0.4) is 0 Å². The maximum Gasteiger partial charge on any atom is 0.250 e. The van der Waals surface area contributed by atoms with E-state index in [2.05, 4.69) is 10.6 Å². The van der Waals surface area contributed by atoms with Crippen LogP contribution >= 0.6 is 11.8 Å². The van der Waals surface area contributed by atoms with Gasteiger partial charge < -0.3 is 15.2 Å². The van der Waals surface area contributed by atoms with Gasteiger partial charge in [0, 0.05) is 49.8 Å². The van der Waals surface area contributed by atoms with E-state index in [0.717, 1.165) is 23.6 Å². The first-order chi connectivity index (χ1) is 9.06. The van der Waals surface area contributed by atoms with Gasteiger partial charge in [-0.25, -0.2) is 0 Å². The second-order valence-electron chi connectivity index (χ2n) is 4.80. The first kappa shape index (κ1) is 14.1. The Labute approximate surface area is 116 Å². The molecule has 1 aliphatic rings. The fraction of sp³-hybridized carbons (Fsp3) is 0.538. The zero-order valence-electron chi connectivity index (χ0n) is 11.2. The van der Waals surface area contributed by atoms with Crippen LogP contribution in [0.25, 0.3) is 0 Å². The first-order valence-electron chi connectivity index (χ1n) is 6.34. The van der Waals surface area contributed by atoms with Crippen molar-refractivity contribution in [2.75, 3.05) is 23.4 Å². The summed E-state index contributed by atoms with van der Waals surface area (Å²) >= 11 is 1.87. The molecule has 1 fully saturated rings. The molecule has 0 radical (unpaired) electrons. The number of anilines is 1. The van der Waals surface area contributed by atoms with Gasteiger partial charge in [0.2, 0.25) is 5.91 Å². The van der Waals surface area contributed by atoms with Gasteiger partial charge in [0.15, 0.2) is 0 Å². The highest BCUT2D eigenvalue weighted by molar-refractivity contribution is 7.99. The molecule has 2 N–H and O–H groups in total. The standard InChI is InChI=1S/C13H19N3O2S/c1-9-5-13(18)16(2)7-11(9)15-12(17)6-10-8-19-4-3-14-10/h5,7,10,14H,3-4,6,8H2,1-2H3,(H,15,17). The lowest BCUT2D eigenvalue weighted by Crippen LogP contribution is -2.40. The molecule has 1 atom stereocenters. The Hall–Kier alpha value is -1.27. The molecule has 2 rings (SSSR count). The van der Waals surface area contributed by atoms with Gasteiger partial charge in [-0.3, -0.25) is 9.59 Å². The quantitative estimate of drug-likeness (QED) is 0.857. The third kappa shape index (κ3) is 3.84. The zero-order chi connectivity index (χ0) is 13.8. The summed E-state index contributed by atoms with van der Waals surface area (Å²) in [4.78, 5) is 23.4. The Morgan fingerprint density at radius 1 is 1.63 bits per heavy atom. The van der Waals surface area contributed by atoms with Gasteiger partial charge in [-0.1, -0.05) is 0 Å². The van der Waals surface area contributed by atoms with Crippen LogP contribution in [0.1, 0.15) is 12.0 Å². The number of hydrogen-bond acceptors (Lipinski definition) is 4. The number of pyridine rings is 1. The summed E-state index contributed by atoms with van der Waals surface area (Å²) in [5.41, 5.74) is 1.43. The summed E-state index contributed by atoms with van der Waals surface area (Å²) in [6, 6.07) is 1.77. The number of rotatable bonds is 3. The van der Waals surface area contributed by atoms with Gasteiger partial charge in [0.25, 0.3) is 5.56 Å². The average Bonchev–Trinajstić information content (AvgIpc) is 2.37. The molecular formula is C13H19N3O2S. The molecule has 1 amide bonds. The minimum Gasteiger partial charge on any atom is -0.325 e. The van der Waals surface area contributed by atoms with Crippen LogP contribution in [-0.4, -0.2) is 34.6 Å². The number of amides is 1. The van der Waals surface area contributed by atoms with Crippen LogP contribution in [0.2, 0.25) is 0 Å². The van der Waals surface area contributed by atoms with E-state index in [1.54, 1.807) is 13.2 Å². The molecule has 0 saturated carbocycles. The fourth-order valence-electron chi connectivity index (χ4n) is 2.03. The number of thioether (sulfide) groups is 1. The third-order valence-electron chi connectivity index (χ3n) is 3.14. The van der Waals surface area contributed by atoms with Gasteiger partial charge in [0.1, 0.15) is 0 Å². The van der Waals surface area contributed by atoms with Crippen molar-refractivity contribution >= 4 is 23.4 Å². The topological polar surface area (TPSA) is 63.1 Å². The number of carbonyl (C=O) groups is 1. The molecule has 0 aromatic carbocycles. The van der Waals surface area contributed by atoms with E-state index in [1.807, 2.05) is 18.7 Å². The van der Waals surface area contributed by atoms with E-state index >= 15 is 0 Å². The molecular weight excluding hydrogens is 262 g/mol. The van der Waals surface area contributed by atoms with E-state index in [9.17, 15) is 9.59 Å². The van der Waals surface area contributed by atoms with E-state index in [0.29, 0.717) is 12.1 Å². The SMILES string of the molecule is Cc1cc(=O)n(C)cc1NC(=O)CC1CSCCN1. The first-order valence-corrected chi connectivity index (χ1v) is 7.50. The number of carbonyl (C=O) groups excluding carboxylic acids is 1. The van der Waals surface area contributed by atoms with E-state index in [1.165, 1.54) is 10.6 Å². The van der Waals surface area contributed by atoms with Crippen LogP contribution in [0.15, 0.2) is 17.1 Å². The van der Waals surface area contributed by atoms with Crippen LogP contribution in [0.5, 0.6) is 0 Å². The second-order valence-corrected chi connectivity index (χ2v) is 5.95. The molecule has 0 bridgehead atoms. The van der Waals surface area contributed by atoms with Crippen molar-refractivity contribution in [3.8, 4) is 0 Å². The number of aromatic nitrogens is 1. The minimum atomic E-state index is -0.0687. The van der Waals surface area contributed by atoms with E-state index in [-0.39, 0.29) is 17.5 Å². The molecule has 0 spiro atoms. The molecule has 104 valence electrons. The lowest BCUT2D eigenvalue weighted by Gasteiger charge is -2.22. The molecule has 1 aromatic heterocycles. The summed E-state index contributed by atoms with van der Waals surface area (Å²) in [6.07, 6.45) is 2.13. The Morgan fingerprint density at radius 2 is 2.42 bits per heavy atom. The van der Waals surface area contributed by atoms with Crippen LogP contribution in [-0.2, 0) is 11.8 Å². The molecule has 5 nitrogen and oxygen atoms in total. The highest BCUT2D eigenvalue weighted by atomic mass is 32.2. The van der Waals surface area contributed by atoms with E-state index in [4.69, 9.17) is 0 Å². The zero-order valence-corrected chi connectivity index (χ0v) is 12.0. The average molecular weight is 281 g/mol. The summed E-state index contributed by atoms with van der Waals surface area (Å²) in [7, 11) is 1.68. The van der Waals surface area contributed by atoms with Crippen molar-refractivity contribution < 1.29 is 4.79 Å². The Kier molecular flexibility index (Phi) is 4.66. The molecule has 0 aliphatic carbocycles. The maximum atomic E-state index is 12.0. The summed E-state index contributed by atoms with van der Waals surface area (Å²) in [5, 5.41) is 6.21. The maximum absolute atomic E-state index is 12.0. The van der Waals surface area contributed by atoms with Crippen molar-refractivity contribution in [3.63, 3.8) is 0 Å². The Morgan fingerprint density at radius 3 is 3.11 bits per heavy atom. The van der Waals surface area contributed by atoms with Gasteiger partial charge >= 0.3 is 0 Å². The molecule has 19 heavy (non-hydrogen) atoms. The number of hydrogen-bond donors (Lipinski definition) is 2. The fourth-order valence-corrected chi connectivity index (χ4v) is 2.98. The molecule has 1 aliphatic heterocycles. The molecule has 1 unspecified atom stereocenters. The van der Waals surface area contributed by atoms with Gasteiger partial charge in [0.05, 0.1) is 5.69 Å². The number of aryl methyl sites for hydroxylation is 2. The smallest absolute Gasteiger partial charge is 0.250 e. The predicted molar refractivity (Wildman–Crippen MR) is 78.8 cm³/mol. The lowest BCUT2D eigenvalue weighted by molar-refractivity contribution is -0.116. The number of nitrogens with one attached hydrogen (secondary N) is 2. The molecule has 6 heteroatoms. The normalized spacial score (nSPS) is 19.2. The van der Waals surface area contributed by atoms with Crippen molar-refractivity contribution in [3.05, 3.63) is 28.2 Å². The van der Waals surface area contributed by atoms with Gasteiger partial charge in [-0.15, -0.1) is 0 Å². The third-order valence-corrected chi connectivity index (χ3v) is 4.27. The highest BCUT2D eigenvalue weighted by Crippen LogP contribution is 2.14. The summed E-state index contributed by atoms with van der Waals surface area (Å²) < 4.78 is 1.47. The van der Waals surface area contributed by atoms with E-state index < -0.39 is 0 Å². The predicted octanol–water partition coefficient (Wildman–Crippen LogP) is 0.727. The van der Waals surface area contributed by atoms with Crippen molar-refractivity contribution in [2.45, 2.75) is 19.4 Å². The van der Waals surface area contributed by atoms with Crippen LogP contribution in [0, 0.1) is 6.92 Å². The van der Waals surface area contributed by atoms with Crippen LogP contribution in [0.4, 0.5) is 5.69 Å². The van der Waals surface area contributed by atoms with Crippen LogP contribution < -0.4 is 16.2 Å². The largest absolute Gasteiger partial charge is 0.325 e. The van der Waals surface area contributed by atoms with Crippen molar-refractivity contribution in [2.24, 2.45) is 7.05 Å². The van der Waals surface area contributed by atoms with Crippen molar-refractivity contribution in [1.82, 2.24) is 9.88 Å². The summed E-state index contributed by atoms with van der Waals surface area (Å²) in [6.45, 7) is 2.78. The Balaban J connectivity index is 1.98. The summed E-state index contributed by atoms with van der Waals surface area (Å²) in [5.74, 6) is 2.07. The lowest BCUT2D eigenvalue weighted by atomic mass is 10.2. The Bertz CT molecular complexity index is 521. The molecule has 1 aromatic rings.